The SMILES string of the molecule is COCCN(C=O)CCC=O. The Bertz CT molecular complexity index is 116. The molecule has 0 unspecified atom stereocenters. The van der Waals surface area contributed by atoms with E-state index in [9.17, 15) is 9.59 Å². The third kappa shape index (κ3) is 5.54. The van der Waals surface area contributed by atoms with Crippen LogP contribution in [0.4, 0.5) is 0 Å². The molecule has 0 aliphatic carbocycles. The molecule has 64 valence electrons. The minimum absolute atomic E-state index is 0.391. The van der Waals surface area contributed by atoms with Gasteiger partial charge in [0, 0.05) is 26.6 Å². The minimum Gasteiger partial charge on any atom is -0.383 e. The van der Waals surface area contributed by atoms with E-state index in [1.807, 2.05) is 0 Å². The van der Waals surface area contributed by atoms with Crippen molar-refractivity contribution in [1.29, 1.82) is 0 Å². The van der Waals surface area contributed by atoms with E-state index in [0.717, 1.165) is 12.7 Å². The molecule has 4 heteroatoms. The maximum atomic E-state index is 10.3. The van der Waals surface area contributed by atoms with E-state index in [2.05, 4.69) is 0 Å². The predicted octanol–water partition coefficient (Wildman–Crippen LogP) is -0.320. The lowest BCUT2D eigenvalue weighted by Gasteiger charge is -2.14. The number of carbonyl (C=O) groups is 2. The molecule has 0 radical (unpaired) electrons. The van der Waals surface area contributed by atoms with Gasteiger partial charge in [0.05, 0.1) is 6.61 Å². The number of methoxy groups -OCH3 is 1. The summed E-state index contributed by atoms with van der Waals surface area (Å²) in [7, 11) is 1.57. The van der Waals surface area contributed by atoms with Crippen molar-refractivity contribution in [2.24, 2.45) is 0 Å². The van der Waals surface area contributed by atoms with Gasteiger partial charge in [-0.25, -0.2) is 0 Å². The Morgan fingerprint density at radius 3 is 2.55 bits per heavy atom. The van der Waals surface area contributed by atoms with Gasteiger partial charge in [0.1, 0.15) is 6.29 Å². The molecule has 11 heavy (non-hydrogen) atoms. The predicted molar refractivity (Wildman–Crippen MR) is 40.2 cm³/mol. The average Bonchev–Trinajstić information content (AvgIpc) is 2.05. The normalized spacial score (nSPS) is 9.18. The van der Waals surface area contributed by atoms with Crippen LogP contribution in [0.2, 0.25) is 0 Å². The first-order valence-electron chi connectivity index (χ1n) is 3.47. The highest BCUT2D eigenvalue weighted by atomic mass is 16.5. The number of hydrogen-bond donors (Lipinski definition) is 0. The maximum Gasteiger partial charge on any atom is 0.209 e. The number of ether oxygens (including phenoxy) is 1. The van der Waals surface area contributed by atoms with Crippen molar-refractivity contribution in [2.75, 3.05) is 26.8 Å². The molecule has 0 saturated carbocycles. The maximum absolute atomic E-state index is 10.3. The Morgan fingerprint density at radius 2 is 2.09 bits per heavy atom. The van der Waals surface area contributed by atoms with Gasteiger partial charge in [0.2, 0.25) is 6.41 Å². The fourth-order valence-electron chi connectivity index (χ4n) is 0.644. The number of aldehydes is 1. The van der Waals surface area contributed by atoms with Crippen LogP contribution in [0, 0.1) is 0 Å². The van der Waals surface area contributed by atoms with Crippen LogP contribution in [0.5, 0.6) is 0 Å². The summed E-state index contributed by atoms with van der Waals surface area (Å²) in [5.74, 6) is 0. The van der Waals surface area contributed by atoms with Crippen molar-refractivity contribution in [1.82, 2.24) is 4.90 Å². The summed E-state index contributed by atoms with van der Waals surface area (Å²) >= 11 is 0. The molecule has 0 aliphatic rings. The summed E-state index contributed by atoms with van der Waals surface area (Å²) in [6.07, 6.45) is 1.91. The zero-order valence-corrected chi connectivity index (χ0v) is 6.66. The van der Waals surface area contributed by atoms with Crippen molar-refractivity contribution < 1.29 is 14.3 Å². The summed E-state index contributed by atoms with van der Waals surface area (Å²) in [5, 5.41) is 0. The lowest BCUT2D eigenvalue weighted by Crippen LogP contribution is -2.27. The molecule has 0 fully saturated rings. The van der Waals surface area contributed by atoms with Gasteiger partial charge in [0.25, 0.3) is 0 Å². The second kappa shape index (κ2) is 7.21. The van der Waals surface area contributed by atoms with Crippen LogP contribution in [-0.4, -0.2) is 44.4 Å². The van der Waals surface area contributed by atoms with Crippen molar-refractivity contribution in [3.05, 3.63) is 0 Å². The summed E-state index contributed by atoms with van der Waals surface area (Å²) < 4.78 is 4.77. The number of amides is 1. The molecule has 0 atom stereocenters. The Balaban J connectivity index is 3.40. The molecule has 0 rings (SSSR count). The van der Waals surface area contributed by atoms with Gasteiger partial charge in [-0.05, 0) is 0 Å². The topological polar surface area (TPSA) is 46.6 Å². The van der Waals surface area contributed by atoms with E-state index in [-0.39, 0.29) is 0 Å². The smallest absolute Gasteiger partial charge is 0.209 e. The Morgan fingerprint density at radius 1 is 1.36 bits per heavy atom. The van der Waals surface area contributed by atoms with Crippen LogP contribution in [-0.2, 0) is 14.3 Å². The third-order valence-corrected chi connectivity index (χ3v) is 1.27. The van der Waals surface area contributed by atoms with E-state index < -0.39 is 0 Å². The first-order valence-corrected chi connectivity index (χ1v) is 3.47. The van der Waals surface area contributed by atoms with Gasteiger partial charge in [-0.1, -0.05) is 0 Å². The molecule has 1 amide bonds. The van der Waals surface area contributed by atoms with E-state index in [1.54, 1.807) is 7.11 Å². The second-order valence-electron chi connectivity index (χ2n) is 2.09. The van der Waals surface area contributed by atoms with Crippen molar-refractivity contribution in [3.8, 4) is 0 Å². The second-order valence-corrected chi connectivity index (χ2v) is 2.09. The monoisotopic (exact) mass is 159 g/mol. The van der Waals surface area contributed by atoms with Crippen LogP contribution >= 0.6 is 0 Å². The molecule has 0 aliphatic heterocycles. The highest BCUT2D eigenvalue weighted by molar-refractivity contribution is 5.52. The lowest BCUT2D eigenvalue weighted by molar-refractivity contribution is -0.119. The van der Waals surface area contributed by atoms with Gasteiger partial charge < -0.3 is 14.4 Å². The molecule has 4 nitrogen and oxygen atoms in total. The van der Waals surface area contributed by atoms with Crippen LogP contribution in [0.1, 0.15) is 6.42 Å². The van der Waals surface area contributed by atoms with E-state index in [0.29, 0.717) is 26.1 Å². The number of rotatable bonds is 7. The largest absolute Gasteiger partial charge is 0.383 e. The highest BCUT2D eigenvalue weighted by Gasteiger charge is 1.98. The van der Waals surface area contributed by atoms with Gasteiger partial charge in [-0.3, -0.25) is 4.79 Å². The number of hydrogen-bond acceptors (Lipinski definition) is 3. The standard InChI is InChI=1S/C7H13NO3/c1-11-6-4-8(7-10)3-2-5-9/h5,7H,2-4,6H2,1H3. The van der Waals surface area contributed by atoms with Crippen LogP contribution in [0.3, 0.4) is 0 Å². The first-order chi connectivity index (χ1) is 5.35. The molecule has 0 bridgehead atoms. The minimum atomic E-state index is 0.391. The molecular formula is C7H13NO3. The fraction of sp³-hybridized carbons (Fsp3) is 0.714. The molecule has 0 saturated heterocycles. The third-order valence-electron chi connectivity index (χ3n) is 1.27. The highest BCUT2D eigenvalue weighted by Crippen LogP contribution is 1.84. The van der Waals surface area contributed by atoms with Crippen LogP contribution in [0.25, 0.3) is 0 Å². The fourth-order valence-corrected chi connectivity index (χ4v) is 0.644. The summed E-state index contributed by atoms with van der Waals surface area (Å²) in [6.45, 7) is 1.54. The summed E-state index contributed by atoms with van der Waals surface area (Å²) in [5.41, 5.74) is 0. The van der Waals surface area contributed by atoms with E-state index in [4.69, 9.17) is 4.74 Å². The first kappa shape index (κ1) is 10.1. The van der Waals surface area contributed by atoms with Crippen LogP contribution in [0.15, 0.2) is 0 Å². The number of nitrogens with zero attached hydrogens (tertiary/aromatic N) is 1. The average molecular weight is 159 g/mol. The summed E-state index contributed by atoms with van der Waals surface area (Å²) in [6, 6.07) is 0. The zero-order chi connectivity index (χ0) is 8.53. The molecule has 0 N–H and O–H groups in total. The molecule has 0 aromatic carbocycles. The van der Waals surface area contributed by atoms with Crippen LogP contribution < -0.4 is 0 Å². The Labute approximate surface area is 66.1 Å². The number of carbonyl (C=O) groups excluding carboxylic acids is 2. The molecule has 0 aromatic rings. The lowest BCUT2D eigenvalue weighted by atomic mass is 10.4. The Hall–Kier alpha value is -0.900. The van der Waals surface area contributed by atoms with Gasteiger partial charge in [0.15, 0.2) is 0 Å². The van der Waals surface area contributed by atoms with E-state index >= 15 is 0 Å². The molecule has 0 aromatic heterocycles. The van der Waals surface area contributed by atoms with Crippen molar-refractivity contribution in [3.63, 3.8) is 0 Å². The van der Waals surface area contributed by atoms with E-state index in [1.165, 1.54) is 4.90 Å². The van der Waals surface area contributed by atoms with Gasteiger partial charge >= 0.3 is 0 Å². The molecule has 0 spiro atoms. The Kier molecular flexibility index (Phi) is 6.62. The van der Waals surface area contributed by atoms with Crippen molar-refractivity contribution >= 4 is 12.7 Å². The van der Waals surface area contributed by atoms with Crippen molar-refractivity contribution in [2.45, 2.75) is 6.42 Å². The van der Waals surface area contributed by atoms with Gasteiger partial charge in [-0.15, -0.1) is 0 Å². The van der Waals surface area contributed by atoms with Gasteiger partial charge in [-0.2, -0.15) is 0 Å². The molecular weight excluding hydrogens is 146 g/mol. The zero-order valence-electron chi connectivity index (χ0n) is 6.66. The molecule has 0 heterocycles. The summed E-state index contributed by atoms with van der Waals surface area (Å²) in [4.78, 5) is 21.7. The quantitative estimate of drug-likeness (QED) is 0.478.